The van der Waals surface area contributed by atoms with E-state index in [0.29, 0.717) is 3.97 Å². The van der Waals surface area contributed by atoms with Crippen LogP contribution in [0.3, 0.4) is 0 Å². The molecule has 5 nitrogen and oxygen atoms in total. The van der Waals surface area contributed by atoms with E-state index >= 15 is 0 Å². The van der Waals surface area contributed by atoms with Gasteiger partial charge in [0.15, 0.2) is 6.20 Å². The number of rotatable bonds is 1. The van der Waals surface area contributed by atoms with Gasteiger partial charge in [0, 0.05) is 6.07 Å². The van der Waals surface area contributed by atoms with Crippen molar-refractivity contribution in [3.8, 4) is 6.07 Å². The van der Waals surface area contributed by atoms with E-state index in [-0.39, 0.29) is 5.56 Å². The van der Waals surface area contributed by atoms with Crippen LogP contribution in [-0.4, -0.2) is 13.0 Å². The van der Waals surface area contributed by atoms with E-state index in [1.54, 1.807) is 6.07 Å². The van der Waals surface area contributed by atoms with Gasteiger partial charge in [-0.3, -0.25) is 0 Å². The molecule has 1 rings (SSSR count). The highest BCUT2D eigenvalue weighted by Crippen LogP contribution is 1.90. The van der Waals surface area contributed by atoms with E-state index in [2.05, 4.69) is 0 Å². The van der Waals surface area contributed by atoms with Gasteiger partial charge in [0.25, 0.3) is 0 Å². The molecule has 12 heavy (non-hydrogen) atoms. The Balaban J connectivity index is 3.32. The molecule has 0 atom stereocenters. The summed E-state index contributed by atoms with van der Waals surface area (Å²) >= 11 is 0. The van der Waals surface area contributed by atoms with Crippen LogP contribution < -0.4 is 3.97 Å². The molecule has 0 aliphatic carbocycles. The minimum Gasteiger partial charge on any atom is -0.693 e. The summed E-state index contributed by atoms with van der Waals surface area (Å²) in [5.41, 5.74) is 0.122. The Kier molecular flexibility index (Phi) is 2.08. The van der Waals surface area contributed by atoms with Crippen LogP contribution in [0, 0.1) is 11.3 Å². The van der Waals surface area contributed by atoms with E-state index in [4.69, 9.17) is 5.26 Å². The Morgan fingerprint density at radius 2 is 2.25 bits per heavy atom. The smallest absolute Gasteiger partial charge is 0.329 e. The summed E-state index contributed by atoms with van der Waals surface area (Å²) in [6.45, 7) is 0. The maximum atomic E-state index is 10.4. The largest absolute Gasteiger partial charge is 0.693 e. The van der Waals surface area contributed by atoms with Crippen molar-refractivity contribution in [3.63, 3.8) is 0 Å². The molecule has 0 radical (unpaired) electrons. The predicted octanol–water partition coefficient (Wildman–Crippen LogP) is -0.846. The lowest BCUT2D eigenvalue weighted by Gasteiger charge is -1.98. The first-order chi connectivity index (χ1) is 5.54. The molecule has 0 aliphatic heterocycles. The summed E-state index contributed by atoms with van der Waals surface area (Å²) in [5, 5.41) is 8.37. The maximum Gasteiger partial charge on any atom is 0.329 e. The molecule has 0 amide bonds. The zero-order valence-corrected chi connectivity index (χ0v) is 6.65. The van der Waals surface area contributed by atoms with Gasteiger partial charge < -0.3 is 4.55 Å². The molecule has 0 unspecified atom stereocenters. The first-order valence-electron chi connectivity index (χ1n) is 2.92. The normalized spacial score (nSPS) is 10.7. The van der Waals surface area contributed by atoms with Gasteiger partial charge in [-0.2, -0.15) is 13.7 Å². The van der Waals surface area contributed by atoms with Crippen molar-refractivity contribution in [2.75, 3.05) is 0 Å². The van der Waals surface area contributed by atoms with Crippen LogP contribution >= 0.6 is 0 Å². The lowest BCUT2D eigenvalue weighted by molar-refractivity contribution is -0.519. The fraction of sp³-hybridized carbons (Fsp3) is 0. The Labute approximate surface area is 69.4 Å². The molecule has 6 heteroatoms. The maximum absolute atomic E-state index is 10.4. The average Bonchev–Trinajstić information content (AvgIpc) is 2.03. The molecular formula is C6H4N2O3S. The van der Waals surface area contributed by atoms with E-state index in [1.165, 1.54) is 12.1 Å². The number of hydrogen-bond donors (Lipinski definition) is 0. The Bertz CT molecular complexity index is 432. The highest BCUT2D eigenvalue weighted by Gasteiger charge is 2.08. The van der Waals surface area contributed by atoms with Crippen LogP contribution in [0.4, 0.5) is 0 Å². The topological polar surface area (TPSA) is 84.9 Å². The average molecular weight is 184 g/mol. The molecule has 0 fully saturated rings. The fourth-order valence-corrected chi connectivity index (χ4v) is 1.12. The molecular weight excluding hydrogens is 180 g/mol. The third kappa shape index (κ3) is 1.78. The second-order valence-electron chi connectivity index (χ2n) is 1.99. The quantitative estimate of drug-likeness (QED) is 0.420. The lowest BCUT2D eigenvalue weighted by Crippen LogP contribution is -2.41. The lowest BCUT2D eigenvalue weighted by atomic mass is 10.3. The summed E-state index contributed by atoms with van der Waals surface area (Å²) in [7, 11) is -4.52. The van der Waals surface area contributed by atoms with Crippen LogP contribution in [0.1, 0.15) is 5.56 Å². The van der Waals surface area contributed by atoms with Gasteiger partial charge in [-0.25, -0.2) is 0 Å². The van der Waals surface area contributed by atoms with Crippen molar-refractivity contribution >= 4 is 10.3 Å². The summed E-state index contributed by atoms with van der Waals surface area (Å²) in [5.74, 6) is 0. The van der Waals surface area contributed by atoms with Crippen LogP contribution in [0.25, 0.3) is 0 Å². The molecule has 0 saturated carbocycles. The molecule has 0 saturated heterocycles. The number of nitrogens with zero attached hydrogens (tertiary/aromatic N) is 2. The van der Waals surface area contributed by atoms with Gasteiger partial charge in [-0.15, -0.1) is 0 Å². The molecule has 0 aliphatic rings. The molecule has 0 spiro atoms. The molecule has 1 aromatic rings. The van der Waals surface area contributed by atoms with Crippen LogP contribution in [0.15, 0.2) is 24.5 Å². The van der Waals surface area contributed by atoms with Crippen molar-refractivity contribution < 1.29 is 16.9 Å². The summed E-state index contributed by atoms with van der Waals surface area (Å²) < 4.78 is 31.6. The Morgan fingerprint density at radius 3 is 2.75 bits per heavy atom. The molecule has 1 aromatic heterocycles. The Hall–Kier alpha value is -1.45. The van der Waals surface area contributed by atoms with Gasteiger partial charge in [0.2, 0.25) is 6.20 Å². The monoisotopic (exact) mass is 184 g/mol. The van der Waals surface area contributed by atoms with Crippen molar-refractivity contribution in [1.82, 2.24) is 0 Å². The molecule has 0 bridgehead atoms. The summed E-state index contributed by atoms with van der Waals surface area (Å²) in [6.07, 6.45) is 2.03. The molecule has 1 heterocycles. The minimum atomic E-state index is -4.52. The van der Waals surface area contributed by atoms with Gasteiger partial charge in [-0.05, 0) is 6.07 Å². The first kappa shape index (κ1) is 8.64. The van der Waals surface area contributed by atoms with Crippen LogP contribution in [0.5, 0.6) is 0 Å². The van der Waals surface area contributed by atoms with E-state index in [0.717, 1.165) is 12.4 Å². The summed E-state index contributed by atoms with van der Waals surface area (Å²) in [4.78, 5) is 0. The van der Waals surface area contributed by atoms with Crippen molar-refractivity contribution in [2.24, 2.45) is 0 Å². The zero-order chi connectivity index (χ0) is 9.19. The number of aromatic nitrogens is 1. The number of pyridine rings is 1. The highest BCUT2D eigenvalue weighted by molar-refractivity contribution is 7.78. The third-order valence-electron chi connectivity index (χ3n) is 1.16. The van der Waals surface area contributed by atoms with Crippen LogP contribution in [-0.2, 0) is 10.3 Å². The zero-order valence-electron chi connectivity index (χ0n) is 5.84. The summed E-state index contributed by atoms with van der Waals surface area (Å²) in [6, 6.07) is 4.43. The Morgan fingerprint density at radius 1 is 1.58 bits per heavy atom. The molecule has 0 N–H and O–H groups in total. The van der Waals surface area contributed by atoms with Gasteiger partial charge in [0.05, 0.1) is 0 Å². The minimum absolute atomic E-state index is 0.122. The standard InChI is InChI=1S/C6H4N2O3S/c7-4-6-2-1-3-8(5-6)12(9,10)11/h1-3,5H. The second kappa shape index (κ2) is 2.89. The van der Waals surface area contributed by atoms with E-state index < -0.39 is 10.3 Å². The SMILES string of the molecule is N#Cc1ccc[n+](S(=O)(=O)[O-])c1. The molecule has 0 aromatic carbocycles. The first-order valence-corrected chi connectivity index (χ1v) is 4.28. The van der Waals surface area contributed by atoms with Crippen molar-refractivity contribution in [3.05, 3.63) is 30.1 Å². The van der Waals surface area contributed by atoms with Gasteiger partial charge in [0.1, 0.15) is 11.6 Å². The fourth-order valence-electron chi connectivity index (χ4n) is 0.660. The predicted molar refractivity (Wildman–Crippen MR) is 36.4 cm³/mol. The van der Waals surface area contributed by atoms with E-state index in [9.17, 15) is 13.0 Å². The van der Waals surface area contributed by atoms with E-state index in [1.807, 2.05) is 0 Å². The van der Waals surface area contributed by atoms with Crippen LogP contribution in [0.2, 0.25) is 0 Å². The number of hydrogen-bond acceptors (Lipinski definition) is 4. The van der Waals surface area contributed by atoms with Crippen molar-refractivity contribution in [1.29, 1.82) is 5.26 Å². The molecule has 62 valence electrons. The second-order valence-corrected chi connectivity index (χ2v) is 3.27. The van der Waals surface area contributed by atoms with Gasteiger partial charge >= 0.3 is 10.3 Å². The number of nitriles is 1. The third-order valence-corrected chi connectivity index (χ3v) is 1.91. The van der Waals surface area contributed by atoms with Crippen molar-refractivity contribution in [2.45, 2.75) is 0 Å². The van der Waals surface area contributed by atoms with Gasteiger partial charge in [-0.1, -0.05) is 3.97 Å². The highest BCUT2D eigenvalue weighted by atomic mass is 32.2.